The molecule has 1 saturated carbocycles. The number of carbonyl (C=O) groups excluding carboxylic acids is 1. The number of para-hydroxylation sites is 2. The fraction of sp³-hybridized carbons (Fsp3) is 0.269. The van der Waals surface area contributed by atoms with Gasteiger partial charge in [-0.2, -0.15) is 0 Å². The molecule has 0 bridgehead atoms. The highest BCUT2D eigenvalue weighted by Gasteiger charge is 2.30. The number of thiophene rings is 1. The van der Waals surface area contributed by atoms with Gasteiger partial charge in [-0.3, -0.25) is 4.79 Å². The zero-order chi connectivity index (χ0) is 22.1. The van der Waals surface area contributed by atoms with E-state index in [-0.39, 0.29) is 11.8 Å². The number of ether oxygens (including phenoxy) is 2. The van der Waals surface area contributed by atoms with Crippen molar-refractivity contribution in [1.82, 2.24) is 10.3 Å². The predicted molar refractivity (Wildman–Crippen MR) is 128 cm³/mol. The van der Waals surface area contributed by atoms with Crippen molar-refractivity contribution in [3.05, 3.63) is 81.7 Å². The van der Waals surface area contributed by atoms with Crippen molar-refractivity contribution in [3.63, 3.8) is 0 Å². The first-order chi connectivity index (χ1) is 15.7. The maximum atomic E-state index is 13.1. The first-order valence-corrected chi connectivity index (χ1v) is 11.7. The van der Waals surface area contributed by atoms with E-state index in [0.717, 1.165) is 26.9 Å². The lowest BCUT2D eigenvalue weighted by molar-refractivity contribution is 0.0955. The molecular formula is C26H26N2O3S. The molecule has 1 aliphatic carbocycles. The number of aromatic amines is 1. The lowest BCUT2D eigenvalue weighted by atomic mass is 9.89. The first kappa shape index (κ1) is 20.6. The molecule has 0 radical (unpaired) electrons. The summed E-state index contributed by atoms with van der Waals surface area (Å²) < 4.78 is 11.3. The maximum Gasteiger partial charge on any atom is 0.261 e. The van der Waals surface area contributed by atoms with E-state index < -0.39 is 0 Å². The van der Waals surface area contributed by atoms with Gasteiger partial charge in [0.05, 0.1) is 19.1 Å². The Hall–Kier alpha value is -3.25. The average molecular weight is 447 g/mol. The second-order valence-corrected chi connectivity index (χ2v) is 9.03. The molecule has 5 nitrogen and oxygen atoms in total. The molecule has 2 aromatic heterocycles. The van der Waals surface area contributed by atoms with Gasteiger partial charge < -0.3 is 19.8 Å². The van der Waals surface area contributed by atoms with E-state index in [0.29, 0.717) is 24.0 Å². The largest absolute Gasteiger partial charge is 0.493 e. The fourth-order valence-corrected chi connectivity index (χ4v) is 5.35. The average Bonchev–Trinajstić information content (AvgIpc) is 3.40. The number of methoxy groups -OCH3 is 2. The zero-order valence-corrected chi connectivity index (χ0v) is 19.0. The van der Waals surface area contributed by atoms with E-state index in [9.17, 15) is 4.79 Å². The van der Waals surface area contributed by atoms with E-state index in [1.54, 1.807) is 14.2 Å². The van der Waals surface area contributed by atoms with Crippen LogP contribution in [0.25, 0.3) is 10.9 Å². The number of fused-ring (bicyclic) bond motifs is 1. The third-order valence-corrected chi connectivity index (χ3v) is 7.12. The van der Waals surface area contributed by atoms with Crippen LogP contribution in [-0.2, 0) is 0 Å². The maximum absolute atomic E-state index is 13.1. The van der Waals surface area contributed by atoms with Crippen LogP contribution in [0.1, 0.15) is 51.0 Å². The normalized spacial score (nSPS) is 14.3. The van der Waals surface area contributed by atoms with E-state index in [1.165, 1.54) is 29.7 Å². The van der Waals surface area contributed by atoms with Crippen LogP contribution in [0, 0.1) is 0 Å². The van der Waals surface area contributed by atoms with Gasteiger partial charge in [-0.25, -0.2) is 0 Å². The lowest BCUT2D eigenvalue weighted by Gasteiger charge is -2.22. The van der Waals surface area contributed by atoms with Crippen molar-refractivity contribution < 1.29 is 14.3 Å². The Morgan fingerprint density at radius 3 is 2.72 bits per heavy atom. The number of nitrogens with one attached hydrogen (secondary N) is 2. The fourth-order valence-electron chi connectivity index (χ4n) is 4.45. The van der Waals surface area contributed by atoms with Crippen LogP contribution >= 0.6 is 11.3 Å². The number of hydrogen-bond donors (Lipinski definition) is 2. The molecule has 1 fully saturated rings. The highest BCUT2D eigenvalue weighted by Crippen LogP contribution is 2.43. The topological polar surface area (TPSA) is 63.3 Å². The number of aromatic nitrogens is 1. The van der Waals surface area contributed by atoms with Gasteiger partial charge in [-0.05, 0) is 53.5 Å². The molecule has 0 spiro atoms. The molecule has 2 heterocycles. The molecule has 2 aromatic carbocycles. The third-order valence-electron chi connectivity index (χ3n) is 6.19. The molecular weight excluding hydrogens is 420 g/mol. The van der Waals surface area contributed by atoms with Gasteiger partial charge in [-0.1, -0.05) is 30.3 Å². The predicted octanol–water partition coefficient (Wildman–Crippen LogP) is 5.69. The molecule has 2 N–H and O–H groups in total. The van der Waals surface area contributed by atoms with Gasteiger partial charge >= 0.3 is 0 Å². The van der Waals surface area contributed by atoms with Crippen LogP contribution in [0.15, 0.2) is 60.1 Å². The lowest BCUT2D eigenvalue weighted by Crippen LogP contribution is -2.29. The second-order valence-electron chi connectivity index (χ2n) is 8.11. The van der Waals surface area contributed by atoms with Crippen LogP contribution in [0.4, 0.5) is 0 Å². The summed E-state index contributed by atoms with van der Waals surface area (Å²) in [5.41, 5.74) is 4.34. The quantitative estimate of drug-likeness (QED) is 0.366. The smallest absolute Gasteiger partial charge is 0.261 e. The van der Waals surface area contributed by atoms with Crippen LogP contribution in [0.2, 0.25) is 0 Å². The molecule has 164 valence electrons. The number of rotatable bonds is 8. The van der Waals surface area contributed by atoms with Gasteiger partial charge in [0.1, 0.15) is 0 Å². The number of amides is 1. The summed E-state index contributed by atoms with van der Waals surface area (Å²) >= 11 is 1.52. The summed E-state index contributed by atoms with van der Waals surface area (Å²) in [6, 6.07) is 16.2. The van der Waals surface area contributed by atoms with Crippen molar-refractivity contribution in [2.75, 3.05) is 20.8 Å². The number of H-pyrrole nitrogens is 1. The molecule has 1 unspecified atom stereocenters. The minimum absolute atomic E-state index is 0.00592. The zero-order valence-electron chi connectivity index (χ0n) is 18.2. The Balaban J connectivity index is 1.52. The Morgan fingerprint density at radius 1 is 1.09 bits per heavy atom. The summed E-state index contributed by atoms with van der Waals surface area (Å²) in [5.74, 6) is 1.80. The number of hydrogen-bond acceptors (Lipinski definition) is 4. The molecule has 1 amide bonds. The van der Waals surface area contributed by atoms with E-state index in [2.05, 4.69) is 28.5 Å². The molecule has 0 aliphatic heterocycles. The Labute approximate surface area is 191 Å². The molecule has 0 saturated heterocycles. The Bertz CT molecular complexity index is 1250. The molecule has 5 rings (SSSR count). The van der Waals surface area contributed by atoms with Gasteiger partial charge in [0, 0.05) is 35.1 Å². The Morgan fingerprint density at radius 2 is 1.94 bits per heavy atom. The van der Waals surface area contributed by atoms with E-state index >= 15 is 0 Å². The standard InChI is InChI=1S/C26H26N2O3S/c1-30-23-9-5-7-19(24(23)31-2)21(20-14-27-22-8-4-3-6-18(20)22)15-28-26(29)25-17(12-13-32-25)16-10-11-16/h3-9,12-14,16,21,27H,10-11,15H2,1-2H3,(H,28,29). The van der Waals surface area contributed by atoms with E-state index in [4.69, 9.17) is 9.47 Å². The summed E-state index contributed by atoms with van der Waals surface area (Å²) in [6.07, 6.45) is 4.38. The van der Waals surface area contributed by atoms with Gasteiger partial charge in [0.2, 0.25) is 0 Å². The van der Waals surface area contributed by atoms with Crippen LogP contribution in [0.3, 0.4) is 0 Å². The summed E-state index contributed by atoms with van der Waals surface area (Å²) in [6.45, 7) is 0.451. The van der Waals surface area contributed by atoms with Crippen molar-refractivity contribution in [3.8, 4) is 11.5 Å². The molecule has 32 heavy (non-hydrogen) atoms. The van der Waals surface area contributed by atoms with Crippen molar-refractivity contribution in [2.24, 2.45) is 0 Å². The number of benzene rings is 2. The Kier molecular flexibility index (Phi) is 5.62. The summed E-state index contributed by atoms with van der Waals surface area (Å²) in [5, 5.41) is 6.36. The van der Waals surface area contributed by atoms with Crippen LogP contribution in [0.5, 0.6) is 11.5 Å². The summed E-state index contributed by atoms with van der Waals surface area (Å²) in [4.78, 5) is 17.3. The van der Waals surface area contributed by atoms with Gasteiger partial charge in [0.25, 0.3) is 5.91 Å². The molecule has 6 heteroatoms. The first-order valence-electron chi connectivity index (χ1n) is 10.8. The number of carbonyl (C=O) groups is 1. The van der Waals surface area contributed by atoms with Gasteiger partial charge in [0.15, 0.2) is 11.5 Å². The minimum Gasteiger partial charge on any atom is -0.493 e. The highest BCUT2D eigenvalue weighted by molar-refractivity contribution is 7.12. The van der Waals surface area contributed by atoms with Crippen molar-refractivity contribution in [2.45, 2.75) is 24.7 Å². The van der Waals surface area contributed by atoms with Crippen molar-refractivity contribution >= 4 is 28.1 Å². The second kappa shape index (κ2) is 8.71. The SMILES string of the molecule is COc1cccc(C(CNC(=O)c2sccc2C2CC2)c2c[nH]c3ccccc23)c1OC. The summed E-state index contributed by atoms with van der Waals surface area (Å²) in [7, 11) is 3.29. The third kappa shape index (κ3) is 3.75. The molecule has 1 aliphatic rings. The van der Waals surface area contributed by atoms with Crippen molar-refractivity contribution in [1.29, 1.82) is 0 Å². The monoisotopic (exact) mass is 446 g/mol. The minimum atomic E-state index is -0.107. The van der Waals surface area contributed by atoms with Gasteiger partial charge in [-0.15, -0.1) is 11.3 Å². The molecule has 1 atom stereocenters. The molecule has 4 aromatic rings. The van der Waals surface area contributed by atoms with Crippen LogP contribution in [-0.4, -0.2) is 31.7 Å². The van der Waals surface area contributed by atoms with E-state index in [1.807, 2.05) is 41.9 Å². The highest BCUT2D eigenvalue weighted by atomic mass is 32.1. The van der Waals surface area contributed by atoms with Crippen LogP contribution < -0.4 is 14.8 Å².